The molecule has 0 aromatic heterocycles. The number of allylic oxidation sites excluding steroid dienone is 1. The van der Waals surface area contributed by atoms with E-state index in [1.54, 1.807) is 12.1 Å². The molecule has 1 nitrogen and oxygen atoms in total. The SMILES string of the molecule is C=CCC1(c2ccc(F)cc2)CCOC2(CCCC2)C1. The van der Waals surface area contributed by atoms with Crippen LogP contribution in [-0.4, -0.2) is 12.2 Å². The fraction of sp³-hybridized carbons (Fsp3) is 0.556. The molecule has 0 N–H and O–H groups in total. The van der Waals surface area contributed by atoms with E-state index in [2.05, 4.69) is 6.58 Å². The van der Waals surface area contributed by atoms with Gasteiger partial charge in [0.2, 0.25) is 0 Å². The van der Waals surface area contributed by atoms with E-state index in [1.807, 2.05) is 18.2 Å². The molecule has 1 heterocycles. The molecule has 1 aliphatic heterocycles. The Morgan fingerprint density at radius 1 is 1.15 bits per heavy atom. The molecule has 2 heteroatoms. The molecular weight excluding hydrogens is 251 g/mol. The lowest BCUT2D eigenvalue weighted by molar-refractivity contribution is -0.101. The van der Waals surface area contributed by atoms with Crippen molar-refractivity contribution in [1.82, 2.24) is 0 Å². The number of ether oxygens (including phenoxy) is 1. The van der Waals surface area contributed by atoms with E-state index in [-0.39, 0.29) is 16.8 Å². The van der Waals surface area contributed by atoms with Gasteiger partial charge in [-0.15, -0.1) is 6.58 Å². The minimum absolute atomic E-state index is 0.0651. The van der Waals surface area contributed by atoms with E-state index in [1.165, 1.54) is 31.2 Å². The summed E-state index contributed by atoms with van der Waals surface area (Å²) < 4.78 is 19.4. The van der Waals surface area contributed by atoms with Crippen LogP contribution in [0.4, 0.5) is 4.39 Å². The van der Waals surface area contributed by atoms with Crippen molar-refractivity contribution in [2.75, 3.05) is 6.61 Å². The molecule has 1 saturated heterocycles. The van der Waals surface area contributed by atoms with E-state index in [9.17, 15) is 4.39 Å². The quantitative estimate of drug-likeness (QED) is 0.722. The molecule has 0 radical (unpaired) electrons. The van der Waals surface area contributed by atoms with Gasteiger partial charge in [0, 0.05) is 12.0 Å². The lowest BCUT2D eigenvalue weighted by atomic mass is 9.66. The molecule has 0 bridgehead atoms. The van der Waals surface area contributed by atoms with Gasteiger partial charge in [-0.1, -0.05) is 31.1 Å². The molecule has 1 aromatic carbocycles. The fourth-order valence-electron chi connectivity index (χ4n) is 4.18. The highest BCUT2D eigenvalue weighted by Crippen LogP contribution is 2.50. The van der Waals surface area contributed by atoms with Crippen LogP contribution >= 0.6 is 0 Å². The molecular formula is C18H23FO. The standard InChI is InChI=1S/C18H23FO/c1-2-9-17(15-5-7-16(19)8-6-15)12-13-20-18(14-17)10-3-4-11-18/h2,5-8H,1,3-4,9-14H2. The summed E-state index contributed by atoms with van der Waals surface area (Å²) in [5.74, 6) is -0.162. The lowest BCUT2D eigenvalue weighted by Crippen LogP contribution is -2.45. The summed E-state index contributed by atoms with van der Waals surface area (Å²) in [5, 5.41) is 0. The molecule has 108 valence electrons. The van der Waals surface area contributed by atoms with Crippen LogP contribution in [-0.2, 0) is 10.2 Å². The third kappa shape index (κ3) is 2.42. The number of halogens is 1. The monoisotopic (exact) mass is 274 g/mol. The zero-order valence-electron chi connectivity index (χ0n) is 12.0. The molecule has 2 aliphatic rings. The van der Waals surface area contributed by atoms with E-state index in [4.69, 9.17) is 4.74 Å². The highest BCUT2D eigenvalue weighted by atomic mass is 19.1. The van der Waals surface area contributed by atoms with E-state index in [0.29, 0.717) is 0 Å². The van der Waals surface area contributed by atoms with Crippen molar-refractivity contribution >= 4 is 0 Å². The van der Waals surface area contributed by atoms with Crippen LogP contribution < -0.4 is 0 Å². The van der Waals surface area contributed by atoms with Crippen molar-refractivity contribution in [3.8, 4) is 0 Å². The van der Waals surface area contributed by atoms with Gasteiger partial charge in [-0.3, -0.25) is 0 Å². The van der Waals surface area contributed by atoms with Crippen molar-refractivity contribution < 1.29 is 9.13 Å². The normalized spacial score (nSPS) is 28.6. The van der Waals surface area contributed by atoms with Gasteiger partial charge in [0.1, 0.15) is 5.82 Å². The van der Waals surface area contributed by atoms with Gasteiger partial charge >= 0.3 is 0 Å². The van der Waals surface area contributed by atoms with Crippen LogP contribution in [0.3, 0.4) is 0 Å². The van der Waals surface area contributed by atoms with Gasteiger partial charge in [-0.2, -0.15) is 0 Å². The number of hydrogen-bond donors (Lipinski definition) is 0. The zero-order valence-corrected chi connectivity index (χ0v) is 12.0. The Morgan fingerprint density at radius 2 is 1.85 bits per heavy atom. The second kappa shape index (κ2) is 5.33. The van der Waals surface area contributed by atoms with Gasteiger partial charge in [0.15, 0.2) is 0 Å². The van der Waals surface area contributed by atoms with Crippen LogP contribution in [0.5, 0.6) is 0 Å². The van der Waals surface area contributed by atoms with Crippen molar-refractivity contribution in [3.05, 3.63) is 48.3 Å². The molecule has 0 amide bonds. The highest BCUT2D eigenvalue weighted by molar-refractivity contribution is 5.29. The van der Waals surface area contributed by atoms with Gasteiger partial charge in [-0.25, -0.2) is 4.39 Å². The smallest absolute Gasteiger partial charge is 0.123 e. The average molecular weight is 274 g/mol. The van der Waals surface area contributed by atoms with E-state index in [0.717, 1.165) is 25.9 Å². The molecule has 1 spiro atoms. The summed E-state index contributed by atoms with van der Waals surface area (Å²) in [7, 11) is 0. The van der Waals surface area contributed by atoms with Crippen molar-refractivity contribution in [3.63, 3.8) is 0 Å². The van der Waals surface area contributed by atoms with Crippen LogP contribution in [0.25, 0.3) is 0 Å². The molecule has 3 rings (SSSR count). The molecule has 1 unspecified atom stereocenters. The van der Waals surface area contributed by atoms with Gasteiger partial charge in [0.25, 0.3) is 0 Å². The highest BCUT2D eigenvalue weighted by Gasteiger charge is 2.47. The Morgan fingerprint density at radius 3 is 2.50 bits per heavy atom. The summed E-state index contributed by atoms with van der Waals surface area (Å²) >= 11 is 0. The maximum atomic E-state index is 13.2. The van der Waals surface area contributed by atoms with Crippen LogP contribution in [0, 0.1) is 5.82 Å². The van der Waals surface area contributed by atoms with Gasteiger partial charge in [-0.05, 0) is 49.8 Å². The third-order valence-electron chi connectivity index (χ3n) is 5.16. The Hall–Kier alpha value is -1.15. The van der Waals surface area contributed by atoms with E-state index < -0.39 is 0 Å². The third-order valence-corrected chi connectivity index (χ3v) is 5.16. The number of hydrogen-bond acceptors (Lipinski definition) is 1. The maximum Gasteiger partial charge on any atom is 0.123 e. The zero-order chi connectivity index (χ0) is 14.1. The predicted molar refractivity (Wildman–Crippen MR) is 79.3 cm³/mol. The summed E-state index contributed by atoms with van der Waals surface area (Å²) in [6.45, 7) is 4.75. The van der Waals surface area contributed by atoms with Crippen molar-refractivity contribution in [2.45, 2.75) is 56.0 Å². The van der Waals surface area contributed by atoms with Gasteiger partial charge in [0.05, 0.1) is 5.60 Å². The number of benzene rings is 1. The molecule has 20 heavy (non-hydrogen) atoms. The van der Waals surface area contributed by atoms with Gasteiger partial charge < -0.3 is 4.74 Å². The van der Waals surface area contributed by atoms with Crippen LogP contribution in [0.2, 0.25) is 0 Å². The first-order valence-electron chi connectivity index (χ1n) is 7.69. The molecule has 1 aliphatic carbocycles. The molecule has 1 aromatic rings. The lowest BCUT2D eigenvalue weighted by Gasteiger charge is -2.46. The molecule has 1 atom stereocenters. The Kier molecular flexibility index (Phi) is 3.68. The fourth-order valence-corrected chi connectivity index (χ4v) is 4.18. The predicted octanol–water partition coefficient (Wildman–Crippen LogP) is 4.76. The summed E-state index contributed by atoms with van der Waals surface area (Å²) in [6.07, 6.45) is 9.91. The second-order valence-electron chi connectivity index (χ2n) is 6.45. The average Bonchev–Trinajstić information content (AvgIpc) is 2.87. The Bertz CT molecular complexity index is 473. The minimum atomic E-state index is -0.162. The van der Waals surface area contributed by atoms with Crippen LogP contribution in [0.1, 0.15) is 50.5 Å². The molecule has 1 saturated carbocycles. The first-order valence-corrected chi connectivity index (χ1v) is 7.69. The van der Waals surface area contributed by atoms with Crippen molar-refractivity contribution in [2.24, 2.45) is 0 Å². The Labute approximate surface area is 120 Å². The largest absolute Gasteiger partial charge is 0.375 e. The van der Waals surface area contributed by atoms with E-state index >= 15 is 0 Å². The van der Waals surface area contributed by atoms with Crippen molar-refractivity contribution in [1.29, 1.82) is 0 Å². The number of rotatable bonds is 3. The topological polar surface area (TPSA) is 9.23 Å². The Balaban J connectivity index is 1.94. The first-order chi connectivity index (χ1) is 9.68. The van der Waals surface area contributed by atoms with Crippen LogP contribution in [0.15, 0.2) is 36.9 Å². The second-order valence-corrected chi connectivity index (χ2v) is 6.45. The maximum absolute atomic E-state index is 13.2. The molecule has 2 fully saturated rings. The summed E-state index contributed by atoms with van der Waals surface area (Å²) in [4.78, 5) is 0. The minimum Gasteiger partial charge on any atom is -0.375 e. The summed E-state index contributed by atoms with van der Waals surface area (Å²) in [6, 6.07) is 7.06. The first kappa shape index (κ1) is 13.8. The summed E-state index contributed by atoms with van der Waals surface area (Å²) in [5.41, 5.74) is 1.39.